The van der Waals surface area contributed by atoms with Gasteiger partial charge in [0.1, 0.15) is 0 Å². The molecule has 3 nitrogen and oxygen atoms in total. The lowest BCUT2D eigenvalue weighted by atomic mass is 10.0. The first-order chi connectivity index (χ1) is 6.70. The predicted molar refractivity (Wildman–Crippen MR) is 53.4 cm³/mol. The van der Waals surface area contributed by atoms with Crippen molar-refractivity contribution >= 4 is 16.9 Å². The highest BCUT2D eigenvalue weighted by Gasteiger charge is 2.09. The van der Waals surface area contributed by atoms with Gasteiger partial charge in [-0.1, -0.05) is 12.1 Å². The molecule has 0 aliphatic carbocycles. The Kier molecular flexibility index (Phi) is 1.93. The average Bonchev–Trinajstić information content (AvgIpc) is 2.17. The Morgan fingerprint density at radius 1 is 1.36 bits per heavy atom. The van der Waals surface area contributed by atoms with Crippen molar-refractivity contribution in [3.8, 4) is 0 Å². The van der Waals surface area contributed by atoms with Crippen LogP contribution < -0.4 is 0 Å². The normalized spacial score (nSPS) is 10.4. The van der Waals surface area contributed by atoms with Crippen LogP contribution in [0.1, 0.15) is 15.9 Å². The summed E-state index contributed by atoms with van der Waals surface area (Å²) in [4.78, 5) is 15.1. The van der Waals surface area contributed by atoms with Crippen molar-refractivity contribution in [1.82, 2.24) is 4.98 Å². The number of rotatable bonds is 1. The summed E-state index contributed by atoms with van der Waals surface area (Å²) in [5, 5.41) is 9.70. The fourth-order valence-corrected chi connectivity index (χ4v) is 1.56. The third-order valence-electron chi connectivity index (χ3n) is 2.21. The molecule has 0 unspecified atom stereocenters. The van der Waals surface area contributed by atoms with Crippen LogP contribution >= 0.6 is 0 Å². The lowest BCUT2D eigenvalue weighted by molar-refractivity contribution is 0.0699. The first kappa shape index (κ1) is 8.69. The van der Waals surface area contributed by atoms with Gasteiger partial charge in [-0.2, -0.15) is 0 Å². The van der Waals surface area contributed by atoms with Gasteiger partial charge in [-0.25, -0.2) is 4.79 Å². The van der Waals surface area contributed by atoms with Gasteiger partial charge in [-0.3, -0.25) is 4.98 Å². The van der Waals surface area contributed by atoms with E-state index >= 15 is 0 Å². The number of fused-ring (bicyclic) bond motifs is 1. The third-order valence-corrected chi connectivity index (χ3v) is 2.21. The zero-order valence-corrected chi connectivity index (χ0v) is 7.69. The molecule has 3 heteroatoms. The van der Waals surface area contributed by atoms with Gasteiger partial charge in [-0.15, -0.1) is 0 Å². The Bertz CT molecular complexity index is 500. The monoisotopic (exact) mass is 187 g/mol. The lowest BCUT2D eigenvalue weighted by Crippen LogP contribution is -1.99. The molecule has 14 heavy (non-hydrogen) atoms. The van der Waals surface area contributed by atoms with E-state index in [-0.39, 0.29) is 0 Å². The number of hydrogen-bond donors (Lipinski definition) is 1. The molecule has 0 saturated carbocycles. The molecule has 0 atom stereocenters. The van der Waals surface area contributed by atoms with Gasteiger partial charge in [0.2, 0.25) is 0 Å². The van der Waals surface area contributed by atoms with E-state index in [9.17, 15) is 4.79 Å². The lowest BCUT2D eigenvalue weighted by Gasteiger charge is -2.03. The van der Waals surface area contributed by atoms with Crippen LogP contribution in [0.4, 0.5) is 0 Å². The molecule has 0 fully saturated rings. The van der Waals surface area contributed by atoms with Crippen LogP contribution in [0.25, 0.3) is 10.9 Å². The summed E-state index contributed by atoms with van der Waals surface area (Å²) in [6, 6.07) is 7.10. The van der Waals surface area contributed by atoms with E-state index in [4.69, 9.17) is 5.11 Å². The van der Waals surface area contributed by atoms with E-state index in [1.807, 2.05) is 25.1 Å². The Morgan fingerprint density at radius 3 is 2.86 bits per heavy atom. The van der Waals surface area contributed by atoms with Crippen LogP contribution in [0.15, 0.2) is 30.5 Å². The van der Waals surface area contributed by atoms with Gasteiger partial charge < -0.3 is 5.11 Å². The molecular formula is C11H9NO2. The molecule has 0 bridgehead atoms. The summed E-state index contributed by atoms with van der Waals surface area (Å²) in [6.07, 6.45) is 1.52. The molecule has 0 aliphatic heterocycles. The highest BCUT2D eigenvalue weighted by atomic mass is 16.4. The van der Waals surface area contributed by atoms with Gasteiger partial charge in [-0.05, 0) is 24.6 Å². The number of aromatic carboxylic acids is 1. The number of carboxylic acid groups (broad SMARTS) is 1. The maximum absolute atomic E-state index is 10.9. The van der Waals surface area contributed by atoms with Gasteiger partial charge in [0, 0.05) is 11.6 Å². The third kappa shape index (κ3) is 1.23. The minimum Gasteiger partial charge on any atom is -0.478 e. The number of aryl methyl sites for hydroxylation is 1. The molecule has 0 amide bonds. The summed E-state index contributed by atoms with van der Waals surface area (Å²) >= 11 is 0. The summed E-state index contributed by atoms with van der Waals surface area (Å²) in [5.41, 5.74) is 1.98. The van der Waals surface area contributed by atoms with Crippen LogP contribution in [0.5, 0.6) is 0 Å². The van der Waals surface area contributed by atoms with Crippen LogP contribution in [-0.4, -0.2) is 16.1 Å². The summed E-state index contributed by atoms with van der Waals surface area (Å²) < 4.78 is 0. The highest BCUT2D eigenvalue weighted by Crippen LogP contribution is 2.20. The topological polar surface area (TPSA) is 50.2 Å². The van der Waals surface area contributed by atoms with Crippen molar-refractivity contribution in [2.75, 3.05) is 0 Å². The fourth-order valence-electron chi connectivity index (χ4n) is 1.56. The van der Waals surface area contributed by atoms with Crippen molar-refractivity contribution in [3.05, 3.63) is 41.6 Å². The summed E-state index contributed by atoms with van der Waals surface area (Å²) in [7, 11) is 0. The molecule has 0 radical (unpaired) electrons. The number of nitrogens with zero attached hydrogens (tertiary/aromatic N) is 1. The van der Waals surface area contributed by atoms with Gasteiger partial charge in [0.25, 0.3) is 0 Å². The molecule has 1 N–H and O–H groups in total. The number of benzene rings is 1. The van der Waals surface area contributed by atoms with E-state index in [0.717, 1.165) is 16.5 Å². The molecule has 0 saturated heterocycles. The first-order valence-electron chi connectivity index (χ1n) is 4.28. The summed E-state index contributed by atoms with van der Waals surface area (Å²) in [6.45, 7) is 1.89. The zero-order valence-electron chi connectivity index (χ0n) is 7.69. The van der Waals surface area contributed by atoms with Crippen LogP contribution in [0, 0.1) is 6.92 Å². The second-order valence-electron chi connectivity index (χ2n) is 3.13. The molecule has 2 rings (SSSR count). The van der Waals surface area contributed by atoms with E-state index < -0.39 is 5.97 Å². The largest absolute Gasteiger partial charge is 0.478 e. The Balaban J connectivity index is 2.91. The first-order valence-corrected chi connectivity index (χ1v) is 4.28. The van der Waals surface area contributed by atoms with Gasteiger partial charge >= 0.3 is 5.97 Å². The van der Waals surface area contributed by atoms with Crippen molar-refractivity contribution < 1.29 is 9.90 Å². The standard InChI is InChI=1S/C11H9NO2/c1-7-3-2-4-9-10(7)8(11(13)14)5-6-12-9/h2-6H,1H3,(H,13,14). The van der Waals surface area contributed by atoms with Crippen LogP contribution in [0.3, 0.4) is 0 Å². The quantitative estimate of drug-likeness (QED) is 0.744. The minimum absolute atomic E-state index is 0.313. The Hall–Kier alpha value is -1.90. The SMILES string of the molecule is Cc1cccc2nccc(C(=O)O)c12. The minimum atomic E-state index is -0.910. The highest BCUT2D eigenvalue weighted by molar-refractivity contribution is 6.03. The average molecular weight is 187 g/mol. The Morgan fingerprint density at radius 2 is 2.14 bits per heavy atom. The second kappa shape index (κ2) is 3.10. The molecule has 1 heterocycles. The molecule has 1 aromatic carbocycles. The zero-order chi connectivity index (χ0) is 10.1. The summed E-state index contributed by atoms with van der Waals surface area (Å²) in [5.74, 6) is -0.910. The molecule has 1 aromatic heterocycles. The van der Waals surface area contributed by atoms with Crippen LogP contribution in [-0.2, 0) is 0 Å². The fraction of sp³-hybridized carbons (Fsp3) is 0.0909. The molecule has 0 spiro atoms. The van der Waals surface area contributed by atoms with Crippen molar-refractivity contribution in [2.24, 2.45) is 0 Å². The number of pyridine rings is 1. The Labute approximate surface area is 81.0 Å². The molecule has 0 aliphatic rings. The number of aromatic nitrogens is 1. The predicted octanol–water partition coefficient (Wildman–Crippen LogP) is 2.24. The second-order valence-corrected chi connectivity index (χ2v) is 3.13. The van der Waals surface area contributed by atoms with E-state index in [1.54, 1.807) is 0 Å². The smallest absolute Gasteiger partial charge is 0.336 e. The molecule has 70 valence electrons. The number of hydrogen-bond acceptors (Lipinski definition) is 2. The molecule has 2 aromatic rings. The van der Waals surface area contributed by atoms with E-state index in [1.165, 1.54) is 12.3 Å². The number of carboxylic acids is 1. The maximum atomic E-state index is 10.9. The van der Waals surface area contributed by atoms with E-state index in [2.05, 4.69) is 4.98 Å². The molecular weight excluding hydrogens is 178 g/mol. The van der Waals surface area contributed by atoms with Gasteiger partial charge in [0.15, 0.2) is 0 Å². The maximum Gasteiger partial charge on any atom is 0.336 e. The van der Waals surface area contributed by atoms with E-state index in [0.29, 0.717) is 5.56 Å². The van der Waals surface area contributed by atoms with Crippen molar-refractivity contribution in [1.29, 1.82) is 0 Å². The van der Waals surface area contributed by atoms with Crippen LogP contribution in [0.2, 0.25) is 0 Å². The number of carbonyl (C=O) groups is 1. The van der Waals surface area contributed by atoms with Crippen molar-refractivity contribution in [3.63, 3.8) is 0 Å². The van der Waals surface area contributed by atoms with Crippen molar-refractivity contribution in [2.45, 2.75) is 6.92 Å². The van der Waals surface area contributed by atoms with Gasteiger partial charge in [0.05, 0.1) is 11.1 Å².